The minimum absolute atomic E-state index is 0.154. The van der Waals surface area contributed by atoms with Crippen LogP contribution < -0.4 is 5.73 Å². The number of hydrogen-bond acceptors (Lipinski definition) is 2. The van der Waals surface area contributed by atoms with Crippen molar-refractivity contribution in [3.8, 4) is 0 Å². The Hall–Kier alpha value is -0.570. The number of amides is 1. The molecule has 0 spiro atoms. The Kier molecular flexibility index (Phi) is 4.58. The second kappa shape index (κ2) is 5.50. The van der Waals surface area contributed by atoms with Crippen molar-refractivity contribution in [2.45, 2.75) is 58.5 Å². The van der Waals surface area contributed by atoms with Crippen molar-refractivity contribution >= 4 is 5.91 Å². The molecule has 1 amide bonds. The van der Waals surface area contributed by atoms with Crippen molar-refractivity contribution in [3.05, 3.63) is 0 Å². The van der Waals surface area contributed by atoms with Crippen molar-refractivity contribution in [1.82, 2.24) is 4.90 Å². The van der Waals surface area contributed by atoms with E-state index in [0.29, 0.717) is 6.04 Å². The first-order valence-corrected chi connectivity index (χ1v) is 6.14. The van der Waals surface area contributed by atoms with Gasteiger partial charge in [0.1, 0.15) is 0 Å². The van der Waals surface area contributed by atoms with Gasteiger partial charge in [-0.2, -0.15) is 0 Å². The van der Waals surface area contributed by atoms with Crippen LogP contribution in [0, 0.1) is 5.92 Å². The second-order valence-electron chi connectivity index (χ2n) is 4.89. The molecule has 1 fully saturated rings. The van der Waals surface area contributed by atoms with Gasteiger partial charge in [-0.05, 0) is 25.2 Å². The molecule has 0 aromatic carbocycles. The number of rotatable bonds is 6. The number of nitrogens with zero attached hydrogens (tertiary/aromatic N) is 1. The fraction of sp³-hybridized carbons (Fsp3) is 0.917. The van der Waals surface area contributed by atoms with E-state index < -0.39 is 0 Å². The third-order valence-electron chi connectivity index (χ3n) is 3.03. The highest BCUT2D eigenvalue weighted by Crippen LogP contribution is 2.28. The van der Waals surface area contributed by atoms with Crippen LogP contribution in [0.3, 0.4) is 0 Å². The zero-order valence-corrected chi connectivity index (χ0v) is 10.2. The minimum atomic E-state index is -0.317. The van der Waals surface area contributed by atoms with Crippen LogP contribution in [0.5, 0.6) is 0 Å². The molecule has 0 radical (unpaired) electrons. The van der Waals surface area contributed by atoms with E-state index in [0.717, 1.165) is 19.4 Å². The van der Waals surface area contributed by atoms with Gasteiger partial charge < -0.3 is 10.6 Å². The van der Waals surface area contributed by atoms with Crippen LogP contribution in [-0.4, -0.2) is 29.4 Å². The monoisotopic (exact) mass is 212 g/mol. The number of hydrogen-bond donors (Lipinski definition) is 1. The highest BCUT2D eigenvalue weighted by atomic mass is 16.2. The smallest absolute Gasteiger partial charge is 0.239 e. The average molecular weight is 212 g/mol. The Balaban J connectivity index is 2.50. The molecule has 1 saturated carbocycles. The predicted molar refractivity (Wildman–Crippen MR) is 62.5 cm³/mol. The zero-order chi connectivity index (χ0) is 11.4. The summed E-state index contributed by atoms with van der Waals surface area (Å²) in [6.45, 7) is 7.05. The van der Waals surface area contributed by atoms with Gasteiger partial charge in [-0.1, -0.05) is 27.2 Å². The largest absolute Gasteiger partial charge is 0.338 e. The van der Waals surface area contributed by atoms with Crippen molar-refractivity contribution < 1.29 is 4.79 Å². The molecule has 0 saturated heterocycles. The molecule has 1 aliphatic carbocycles. The topological polar surface area (TPSA) is 46.3 Å². The maximum Gasteiger partial charge on any atom is 0.239 e. The third kappa shape index (κ3) is 3.49. The molecular weight excluding hydrogens is 188 g/mol. The van der Waals surface area contributed by atoms with E-state index in [1.54, 1.807) is 0 Å². The van der Waals surface area contributed by atoms with Gasteiger partial charge in [0, 0.05) is 12.6 Å². The lowest BCUT2D eigenvalue weighted by Crippen LogP contribution is -2.47. The maximum absolute atomic E-state index is 12.1. The lowest BCUT2D eigenvalue weighted by atomic mass is 10.0. The first kappa shape index (κ1) is 12.5. The summed E-state index contributed by atoms with van der Waals surface area (Å²) in [7, 11) is 0. The van der Waals surface area contributed by atoms with E-state index in [-0.39, 0.29) is 17.9 Å². The van der Waals surface area contributed by atoms with Crippen LogP contribution in [0.2, 0.25) is 0 Å². The number of carbonyl (C=O) groups excluding carboxylic acids is 1. The molecular formula is C12H24N2O. The van der Waals surface area contributed by atoms with Gasteiger partial charge in [-0.15, -0.1) is 0 Å². The van der Waals surface area contributed by atoms with E-state index in [4.69, 9.17) is 5.73 Å². The van der Waals surface area contributed by atoms with E-state index in [1.807, 2.05) is 18.7 Å². The van der Waals surface area contributed by atoms with E-state index in [9.17, 15) is 4.79 Å². The number of nitrogens with two attached hydrogens (primary N) is 1. The first-order chi connectivity index (χ1) is 7.07. The number of carbonyl (C=O) groups is 1. The molecule has 2 N–H and O–H groups in total. The van der Waals surface area contributed by atoms with E-state index in [2.05, 4.69) is 6.92 Å². The Morgan fingerprint density at radius 2 is 2.07 bits per heavy atom. The van der Waals surface area contributed by atoms with Crippen LogP contribution >= 0.6 is 0 Å². The normalized spacial score (nSPS) is 17.9. The molecule has 1 atom stereocenters. The molecule has 1 rings (SSSR count). The molecule has 3 heteroatoms. The summed E-state index contributed by atoms with van der Waals surface area (Å²) in [4.78, 5) is 14.1. The molecule has 0 bridgehead atoms. The summed E-state index contributed by atoms with van der Waals surface area (Å²) in [5.74, 6) is 0.390. The molecule has 0 heterocycles. The Morgan fingerprint density at radius 3 is 2.47 bits per heavy atom. The molecule has 0 unspecified atom stereocenters. The van der Waals surface area contributed by atoms with E-state index >= 15 is 0 Å². The summed E-state index contributed by atoms with van der Waals surface area (Å²) in [6, 6.07) is 0.177. The van der Waals surface area contributed by atoms with Gasteiger partial charge in [0.2, 0.25) is 5.91 Å². The SMILES string of the molecule is CCCCN(C(=O)[C@@H](N)C(C)C)C1CC1. The van der Waals surface area contributed by atoms with E-state index in [1.165, 1.54) is 12.8 Å². The van der Waals surface area contributed by atoms with Crippen molar-refractivity contribution in [2.24, 2.45) is 11.7 Å². The molecule has 88 valence electrons. The lowest BCUT2D eigenvalue weighted by Gasteiger charge is -2.27. The Morgan fingerprint density at radius 1 is 1.47 bits per heavy atom. The highest BCUT2D eigenvalue weighted by molar-refractivity contribution is 5.82. The average Bonchev–Trinajstić information content (AvgIpc) is 3.00. The van der Waals surface area contributed by atoms with Gasteiger partial charge in [-0.3, -0.25) is 4.79 Å². The molecule has 15 heavy (non-hydrogen) atoms. The quantitative estimate of drug-likeness (QED) is 0.729. The van der Waals surface area contributed by atoms with Crippen molar-refractivity contribution in [3.63, 3.8) is 0 Å². The highest BCUT2D eigenvalue weighted by Gasteiger charge is 2.34. The minimum Gasteiger partial charge on any atom is -0.338 e. The number of unbranched alkanes of at least 4 members (excludes halogenated alkanes) is 1. The van der Waals surface area contributed by atoms with Gasteiger partial charge in [0.15, 0.2) is 0 Å². The fourth-order valence-corrected chi connectivity index (χ4v) is 1.66. The van der Waals surface area contributed by atoms with Crippen molar-refractivity contribution in [1.29, 1.82) is 0 Å². The van der Waals surface area contributed by atoms with Gasteiger partial charge in [-0.25, -0.2) is 0 Å². The van der Waals surface area contributed by atoms with Crippen LogP contribution in [0.15, 0.2) is 0 Å². The van der Waals surface area contributed by atoms with Crippen LogP contribution in [0.4, 0.5) is 0 Å². The predicted octanol–water partition coefficient (Wildman–Crippen LogP) is 1.76. The van der Waals surface area contributed by atoms with Crippen LogP contribution in [0.25, 0.3) is 0 Å². The third-order valence-corrected chi connectivity index (χ3v) is 3.03. The second-order valence-corrected chi connectivity index (χ2v) is 4.89. The van der Waals surface area contributed by atoms with Gasteiger partial charge in [0.05, 0.1) is 6.04 Å². The molecule has 1 aliphatic rings. The van der Waals surface area contributed by atoms with Crippen molar-refractivity contribution in [2.75, 3.05) is 6.54 Å². The molecule has 0 aliphatic heterocycles. The van der Waals surface area contributed by atoms with Crippen LogP contribution in [-0.2, 0) is 4.79 Å². The summed E-state index contributed by atoms with van der Waals surface area (Å²) >= 11 is 0. The summed E-state index contributed by atoms with van der Waals surface area (Å²) < 4.78 is 0. The fourth-order valence-electron chi connectivity index (χ4n) is 1.66. The van der Waals surface area contributed by atoms with Gasteiger partial charge >= 0.3 is 0 Å². The molecule has 0 aromatic rings. The molecule has 0 aromatic heterocycles. The first-order valence-electron chi connectivity index (χ1n) is 6.14. The maximum atomic E-state index is 12.1. The Labute approximate surface area is 93.0 Å². The van der Waals surface area contributed by atoms with Crippen LogP contribution in [0.1, 0.15) is 46.5 Å². The summed E-state index contributed by atoms with van der Waals surface area (Å²) in [5, 5.41) is 0. The van der Waals surface area contributed by atoms with Gasteiger partial charge in [0.25, 0.3) is 0 Å². The standard InChI is InChI=1S/C12H24N2O/c1-4-5-8-14(10-6-7-10)12(15)11(13)9(2)3/h9-11H,4-8,13H2,1-3H3/t11-/m0/s1. The lowest BCUT2D eigenvalue weighted by molar-refractivity contribution is -0.134. The summed E-state index contributed by atoms with van der Waals surface area (Å²) in [6.07, 6.45) is 4.56. The molecule has 3 nitrogen and oxygen atoms in total. The summed E-state index contributed by atoms with van der Waals surface area (Å²) in [5.41, 5.74) is 5.91. The Bertz CT molecular complexity index is 212. The zero-order valence-electron chi connectivity index (χ0n) is 10.2.